The van der Waals surface area contributed by atoms with Crippen molar-refractivity contribution in [1.82, 2.24) is 0 Å². The average Bonchev–Trinajstić information content (AvgIpc) is 2.71. The molecule has 0 amide bonds. The highest BCUT2D eigenvalue weighted by molar-refractivity contribution is 7.55. The van der Waals surface area contributed by atoms with Gasteiger partial charge in [0.1, 0.15) is 0 Å². The lowest BCUT2D eigenvalue weighted by atomic mass is 10.2. The van der Waals surface area contributed by atoms with Gasteiger partial charge in [0.2, 0.25) is 0 Å². The number of carbonyl (C=O) groups excluding carboxylic acids is 1. The largest absolute Gasteiger partial charge is 0.465 e. The Balaban J connectivity index is 2.21. The summed E-state index contributed by atoms with van der Waals surface area (Å²) in [6.07, 6.45) is 1.04. The van der Waals surface area contributed by atoms with Crippen LogP contribution in [-0.4, -0.2) is 18.2 Å². The van der Waals surface area contributed by atoms with E-state index >= 15 is 0 Å². The van der Waals surface area contributed by atoms with E-state index in [9.17, 15) is 9.36 Å². The molecule has 5 nitrogen and oxygen atoms in total. The molecule has 0 spiro atoms. The van der Waals surface area contributed by atoms with Crippen molar-refractivity contribution in [2.75, 3.05) is 6.61 Å². The zero-order valence-electron chi connectivity index (χ0n) is 15.9. The molecule has 146 valence electrons. The Kier molecular flexibility index (Phi) is 8.73. The maximum absolute atomic E-state index is 13.6. The summed E-state index contributed by atoms with van der Waals surface area (Å²) in [7, 11) is -3.74. The molecule has 2 aromatic carbocycles. The fraction of sp³-hybridized carbons (Fsp3) is 0.381. The monoisotopic (exact) mass is 390 g/mol. The molecule has 2 aromatic rings. The van der Waals surface area contributed by atoms with Crippen LogP contribution in [-0.2, 0) is 36.4 Å². The average molecular weight is 390 g/mol. The molecule has 0 fully saturated rings. The van der Waals surface area contributed by atoms with Gasteiger partial charge in [0.05, 0.1) is 19.8 Å². The van der Waals surface area contributed by atoms with E-state index < -0.39 is 19.2 Å². The molecule has 0 N–H and O–H groups in total. The van der Waals surface area contributed by atoms with Crippen LogP contribution in [0.25, 0.3) is 0 Å². The molecule has 2 rings (SSSR count). The van der Waals surface area contributed by atoms with E-state index in [0.29, 0.717) is 12.8 Å². The Morgan fingerprint density at radius 2 is 1.37 bits per heavy atom. The summed E-state index contributed by atoms with van der Waals surface area (Å²) in [4.78, 5) is 12.4. The van der Waals surface area contributed by atoms with Crippen molar-refractivity contribution in [1.29, 1.82) is 0 Å². The van der Waals surface area contributed by atoms with Gasteiger partial charge in [-0.05, 0) is 24.5 Å². The van der Waals surface area contributed by atoms with Gasteiger partial charge in [-0.1, -0.05) is 74.0 Å². The fourth-order valence-electron chi connectivity index (χ4n) is 2.61. The molecule has 27 heavy (non-hydrogen) atoms. The molecule has 0 bridgehead atoms. The lowest BCUT2D eigenvalue weighted by Gasteiger charge is -2.25. The van der Waals surface area contributed by atoms with Crippen molar-refractivity contribution >= 4 is 13.6 Å². The third kappa shape index (κ3) is 6.62. The molecule has 0 saturated carbocycles. The molecule has 1 unspecified atom stereocenters. The minimum absolute atomic E-state index is 0.104. The number of esters is 1. The number of benzene rings is 2. The summed E-state index contributed by atoms with van der Waals surface area (Å²) >= 11 is 0. The lowest BCUT2D eigenvalue weighted by molar-refractivity contribution is -0.143. The highest BCUT2D eigenvalue weighted by Gasteiger charge is 2.42. The van der Waals surface area contributed by atoms with E-state index in [-0.39, 0.29) is 19.8 Å². The lowest BCUT2D eigenvalue weighted by Crippen LogP contribution is -2.25. The van der Waals surface area contributed by atoms with E-state index in [1.54, 1.807) is 6.92 Å². The van der Waals surface area contributed by atoms with Crippen LogP contribution >= 0.6 is 7.60 Å². The summed E-state index contributed by atoms with van der Waals surface area (Å²) in [5, 5.41) is 0. The highest BCUT2D eigenvalue weighted by Crippen LogP contribution is 2.56. The summed E-state index contributed by atoms with van der Waals surface area (Å²) in [5.74, 6) is -0.538. The van der Waals surface area contributed by atoms with Gasteiger partial charge in [-0.15, -0.1) is 0 Å². The predicted octanol–water partition coefficient (Wildman–Crippen LogP) is 5.34. The molecule has 0 radical (unpaired) electrons. The molecule has 0 aliphatic carbocycles. The Labute approximate surface area is 161 Å². The smallest absolute Gasteiger partial charge is 0.345 e. The normalized spacial score (nSPS) is 12.5. The molecular weight excluding hydrogens is 363 g/mol. The first-order valence-corrected chi connectivity index (χ1v) is 10.8. The van der Waals surface area contributed by atoms with Gasteiger partial charge in [0.15, 0.2) is 5.66 Å². The van der Waals surface area contributed by atoms with Crippen molar-refractivity contribution < 1.29 is 23.1 Å². The Bertz CT molecular complexity index is 685. The number of hydrogen-bond donors (Lipinski definition) is 0. The number of rotatable bonds is 11. The van der Waals surface area contributed by atoms with Crippen LogP contribution < -0.4 is 0 Å². The first kappa shape index (κ1) is 21.4. The summed E-state index contributed by atoms with van der Waals surface area (Å²) in [5.41, 5.74) is 0.787. The van der Waals surface area contributed by atoms with E-state index in [1.807, 2.05) is 67.6 Å². The number of hydrogen-bond acceptors (Lipinski definition) is 5. The minimum Gasteiger partial charge on any atom is -0.465 e. The molecule has 6 heteroatoms. The first-order valence-electron chi connectivity index (χ1n) is 9.22. The van der Waals surface area contributed by atoms with Crippen molar-refractivity contribution in [3.05, 3.63) is 71.8 Å². The van der Waals surface area contributed by atoms with Gasteiger partial charge < -0.3 is 13.8 Å². The number of carbonyl (C=O) groups is 1. The van der Waals surface area contributed by atoms with Crippen molar-refractivity contribution in [3.63, 3.8) is 0 Å². The topological polar surface area (TPSA) is 61.8 Å². The standard InChI is InChI=1S/C21H27O5P/c1-3-11-20(21(22)24-4-2)27(23,25-16-18-12-7-5-8-13-18)26-17-19-14-9-6-10-15-19/h5-10,12-15,20H,3-4,11,16-17H2,1-2H3. The first-order chi connectivity index (χ1) is 13.1. The van der Waals surface area contributed by atoms with Crippen LogP contribution in [0.15, 0.2) is 60.7 Å². The molecule has 0 aliphatic heterocycles. The Morgan fingerprint density at radius 3 is 1.78 bits per heavy atom. The van der Waals surface area contributed by atoms with E-state index in [2.05, 4.69) is 0 Å². The number of ether oxygens (including phenoxy) is 1. The molecular formula is C21H27O5P. The van der Waals surface area contributed by atoms with Crippen LogP contribution in [0.3, 0.4) is 0 Å². The highest BCUT2D eigenvalue weighted by atomic mass is 31.2. The van der Waals surface area contributed by atoms with Crippen molar-refractivity contribution in [2.45, 2.75) is 45.6 Å². The van der Waals surface area contributed by atoms with Crippen LogP contribution in [0.2, 0.25) is 0 Å². The second-order valence-electron chi connectivity index (χ2n) is 6.11. The Hall–Kier alpha value is -1.94. The summed E-state index contributed by atoms with van der Waals surface area (Å²) in [6.45, 7) is 4.07. The van der Waals surface area contributed by atoms with E-state index in [4.69, 9.17) is 13.8 Å². The van der Waals surface area contributed by atoms with Crippen LogP contribution in [0, 0.1) is 0 Å². The van der Waals surface area contributed by atoms with Crippen molar-refractivity contribution in [2.24, 2.45) is 0 Å². The van der Waals surface area contributed by atoms with Gasteiger partial charge in [0.25, 0.3) is 0 Å². The predicted molar refractivity (Wildman–Crippen MR) is 105 cm³/mol. The van der Waals surface area contributed by atoms with Gasteiger partial charge in [-0.3, -0.25) is 9.36 Å². The fourth-order valence-corrected chi connectivity index (χ4v) is 4.61. The zero-order valence-corrected chi connectivity index (χ0v) is 16.8. The summed E-state index contributed by atoms with van der Waals surface area (Å²) in [6, 6.07) is 18.8. The van der Waals surface area contributed by atoms with Crippen LogP contribution in [0.4, 0.5) is 0 Å². The maximum Gasteiger partial charge on any atom is 0.345 e. The quantitative estimate of drug-likeness (QED) is 0.383. The second kappa shape index (κ2) is 11.0. The van der Waals surface area contributed by atoms with Crippen LogP contribution in [0.1, 0.15) is 37.8 Å². The third-order valence-electron chi connectivity index (χ3n) is 4.01. The molecule has 0 heterocycles. The SMILES string of the molecule is CCCC(C(=O)OCC)P(=O)(OCc1ccccc1)OCc1ccccc1. The molecule has 0 aromatic heterocycles. The van der Waals surface area contributed by atoms with Crippen LogP contribution in [0.5, 0.6) is 0 Å². The molecule has 1 atom stereocenters. The molecule has 0 aliphatic rings. The van der Waals surface area contributed by atoms with Gasteiger partial charge >= 0.3 is 13.6 Å². The van der Waals surface area contributed by atoms with Gasteiger partial charge in [-0.2, -0.15) is 0 Å². The Morgan fingerprint density at radius 1 is 0.889 bits per heavy atom. The van der Waals surface area contributed by atoms with Gasteiger partial charge in [-0.25, -0.2) is 0 Å². The maximum atomic E-state index is 13.6. The summed E-state index contributed by atoms with van der Waals surface area (Å²) < 4.78 is 30.3. The third-order valence-corrected chi connectivity index (χ3v) is 6.22. The minimum atomic E-state index is -3.74. The van der Waals surface area contributed by atoms with E-state index in [1.165, 1.54) is 0 Å². The van der Waals surface area contributed by atoms with Crippen molar-refractivity contribution in [3.8, 4) is 0 Å². The zero-order chi connectivity index (χ0) is 19.5. The van der Waals surface area contributed by atoms with E-state index in [0.717, 1.165) is 11.1 Å². The second-order valence-corrected chi connectivity index (χ2v) is 8.33. The molecule has 0 saturated heterocycles. The van der Waals surface area contributed by atoms with Gasteiger partial charge in [0, 0.05) is 0 Å².